The fourth-order valence-electron chi connectivity index (χ4n) is 2.23. The van der Waals surface area contributed by atoms with Crippen molar-refractivity contribution in [3.05, 3.63) is 59.7 Å². The minimum atomic E-state index is -4.37. The van der Waals surface area contributed by atoms with E-state index in [1.807, 2.05) is 0 Å². The van der Waals surface area contributed by atoms with Crippen LogP contribution in [0.15, 0.2) is 48.5 Å². The number of carbonyl (C=O) groups excluding carboxylic acids is 2. The minimum absolute atomic E-state index is 0.149. The van der Waals surface area contributed by atoms with Crippen molar-refractivity contribution in [2.24, 2.45) is 5.41 Å². The van der Waals surface area contributed by atoms with Crippen molar-refractivity contribution in [3.63, 3.8) is 0 Å². The fourth-order valence-corrected chi connectivity index (χ4v) is 2.23. The lowest BCUT2D eigenvalue weighted by molar-refractivity contribution is -0.176. The summed E-state index contributed by atoms with van der Waals surface area (Å²) < 4.78 is 40.9. The Balaban J connectivity index is 1.96. The number of rotatable bonds is 6. The first-order valence-corrected chi connectivity index (χ1v) is 8.90. The summed E-state index contributed by atoms with van der Waals surface area (Å²) >= 11 is 0. The van der Waals surface area contributed by atoms with E-state index in [0.29, 0.717) is 22.5 Å². The highest BCUT2D eigenvalue weighted by molar-refractivity contribution is 6.04. The van der Waals surface area contributed by atoms with Gasteiger partial charge in [0.1, 0.15) is 6.61 Å². The third-order valence-corrected chi connectivity index (χ3v) is 3.81. The molecule has 0 bridgehead atoms. The van der Waals surface area contributed by atoms with Gasteiger partial charge in [-0.05, 0) is 35.9 Å². The largest absolute Gasteiger partial charge is 0.411 e. The molecule has 2 amide bonds. The molecule has 0 saturated heterocycles. The Morgan fingerprint density at radius 1 is 0.931 bits per heavy atom. The van der Waals surface area contributed by atoms with Gasteiger partial charge in [-0.2, -0.15) is 13.2 Å². The standard InChI is InChI=1S/C21H23F3N2O3/c1-20(2,3)19(28)26-17-6-4-5-16(11-17)25-18(27)15-9-7-14(8-10-15)12-29-13-21(22,23)24/h4-11H,12-13H2,1-3H3,(H,25,27)(H,26,28). The van der Waals surface area contributed by atoms with Gasteiger partial charge in [-0.15, -0.1) is 0 Å². The molecular weight excluding hydrogens is 385 g/mol. The van der Waals surface area contributed by atoms with E-state index >= 15 is 0 Å². The van der Waals surface area contributed by atoms with Gasteiger partial charge < -0.3 is 15.4 Å². The molecule has 2 N–H and O–H groups in total. The van der Waals surface area contributed by atoms with E-state index in [1.165, 1.54) is 24.3 Å². The first kappa shape index (κ1) is 22.4. The van der Waals surface area contributed by atoms with Gasteiger partial charge in [0.15, 0.2) is 0 Å². The molecule has 0 spiro atoms. The summed E-state index contributed by atoms with van der Waals surface area (Å²) in [5.74, 6) is -0.531. The highest BCUT2D eigenvalue weighted by atomic mass is 19.4. The van der Waals surface area contributed by atoms with Crippen molar-refractivity contribution in [1.82, 2.24) is 0 Å². The van der Waals surface area contributed by atoms with Crippen LogP contribution >= 0.6 is 0 Å². The molecule has 0 aliphatic carbocycles. The first-order valence-electron chi connectivity index (χ1n) is 8.90. The van der Waals surface area contributed by atoms with Crippen molar-refractivity contribution in [1.29, 1.82) is 0 Å². The number of carbonyl (C=O) groups is 2. The zero-order chi connectivity index (χ0) is 21.7. The third-order valence-electron chi connectivity index (χ3n) is 3.81. The van der Waals surface area contributed by atoms with Crippen molar-refractivity contribution in [2.45, 2.75) is 33.6 Å². The summed E-state index contributed by atoms with van der Waals surface area (Å²) in [6.45, 7) is 3.87. The number of anilines is 2. The van der Waals surface area contributed by atoms with E-state index < -0.39 is 18.2 Å². The molecule has 0 aliphatic rings. The van der Waals surface area contributed by atoms with Crippen LogP contribution < -0.4 is 10.6 Å². The van der Waals surface area contributed by atoms with Gasteiger partial charge in [-0.1, -0.05) is 39.0 Å². The zero-order valence-corrected chi connectivity index (χ0v) is 16.4. The van der Waals surface area contributed by atoms with Crippen LogP contribution in [0.3, 0.4) is 0 Å². The molecule has 0 radical (unpaired) electrons. The first-order chi connectivity index (χ1) is 13.4. The number of nitrogens with one attached hydrogen (secondary N) is 2. The second kappa shape index (κ2) is 9.09. The monoisotopic (exact) mass is 408 g/mol. The molecule has 0 atom stereocenters. The summed E-state index contributed by atoms with van der Waals surface area (Å²) in [6.07, 6.45) is -4.37. The molecular formula is C21H23F3N2O3. The van der Waals surface area contributed by atoms with Crippen molar-refractivity contribution in [2.75, 3.05) is 17.2 Å². The predicted octanol–water partition coefficient (Wildman–Crippen LogP) is 5.00. The molecule has 8 heteroatoms. The van der Waals surface area contributed by atoms with Crippen molar-refractivity contribution < 1.29 is 27.5 Å². The normalized spacial score (nSPS) is 11.8. The molecule has 0 aromatic heterocycles. The summed E-state index contributed by atoms with van der Waals surface area (Å²) in [7, 11) is 0. The van der Waals surface area contributed by atoms with Gasteiger partial charge in [0.25, 0.3) is 5.91 Å². The van der Waals surface area contributed by atoms with Crippen LogP contribution in [0.4, 0.5) is 24.5 Å². The van der Waals surface area contributed by atoms with Gasteiger partial charge >= 0.3 is 6.18 Å². The van der Waals surface area contributed by atoms with Crippen molar-refractivity contribution >= 4 is 23.2 Å². The fraction of sp³-hybridized carbons (Fsp3) is 0.333. The Kier molecular flexibility index (Phi) is 7.02. The number of alkyl halides is 3. The summed E-state index contributed by atoms with van der Waals surface area (Å²) in [5.41, 5.74) is 1.37. The van der Waals surface area contributed by atoms with Crippen LogP contribution in [0.25, 0.3) is 0 Å². The van der Waals surface area contributed by atoms with E-state index in [2.05, 4.69) is 15.4 Å². The Bertz CT molecular complexity index is 857. The molecule has 0 aliphatic heterocycles. The highest BCUT2D eigenvalue weighted by Gasteiger charge is 2.27. The van der Waals surface area contributed by atoms with Gasteiger partial charge in [-0.25, -0.2) is 0 Å². The zero-order valence-electron chi connectivity index (χ0n) is 16.4. The van der Waals surface area contributed by atoms with Gasteiger partial charge in [0.05, 0.1) is 6.61 Å². The van der Waals surface area contributed by atoms with E-state index in [4.69, 9.17) is 0 Å². The summed E-state index contributed by atoms with van der Waals surface area (Å²) in [4.78, 5) is 24.5. The number of hydrogen-bond acceptors (Lipinski definition) is 3. The lowest BCUT2D eigenvalue weighted by atomic mass is 9.95. The number of halogens is 3. The molecule has 0 saturated carbocycles. The minimum Gasteiger partial charge on any atom is -0.367 e. The maximum absolute atomic E-state index is 12.4. The van der Waals surface area contributed by atoms with Crippen LogP contribution in [-0.2, 0) is 16.1 Å². The molecule has 2 aromatic rings. The molecule has 0 unspecified atom stereocenters. The lowest BCUT2D eigenvalue weighted by Crippen LogP contribution is -2.27. The Hall–Kier alpha value is -2.87. The topological polar surface area (TPSA) is 67.4 Å². The lowest BCUT2D eigenvalue weighted by Gasteiger charge is -2.18. The Morgan fingerprint density at radius 3 is 2.07 bits per heavy atom. The predicted molar refractivity (Wildman–Crippen MR) is 105 cm³/mol. The van der Waals surface area contributed by atoms with Gasteiger partial charge in [-0.3, -0.25) is 9.59 Å². The van der Waals surface area contributed by atoms with E-state index in [9.17, 15) is 22.8 Å². The van der Waals surface area contributed by atoms with Gasteiger partial charge in [0.2, 0.25) is 5.91 Å². The maximum atomic E-state index is 12.4. The van der Waals surface area contributed by atoms with Crippen LogP contribution in [0, 0.1) is 5.41 Å². The van der Waals surface area contributed by atoms with Crippen LogP contribution in [0.5, 0.6) is 0 Å². The number of ether oxygens (including phenoxy) is 1. The molecule has 0 heterocycles. The molecule has 5 nitrogen and oxygen atoms in total. The number of benzene rings is 2. The number of amides is 2. The van der Waals surface area contributed by atoms with E-state index in [1.54, 1.807) is 45.0 Å². The smallest absolute Gasteiger partial charge is 0.367 e. The van der Waals surface area contributed by atoms with E-state index in [-0.39, 0.29) is 18.4 Å². The average Bonchev–Trinajstić information content (AvgIpc) is 2.60. The average molecular weight is 408 g/mol. The summed E-state index contributed by atoms with van der Waals surface area (Å²) in [5, 5.41) is 5.51. The second-order valence-corrected chi connectivity index (χ2v) is 7.54. The maximum Gasteiger partial charge on any atom is 0.411 e. The van der Waals surface area contributed by atoms with Crippen molar-refractivity contribution in [3.8, 4) is 0 Å². The number of hydrogen-bond donors (Lipinski definition) is 2. The molecule has 0 fully saturated rings. The van der Waals surface area contributed by atoms with E-state index in [0.717, 1.165) is 0 Å². The Labute approximate surface area is 167 Å². The molecule has 2 aromatic carbocycles. The van der Waals surface area contributed by atoms with Crippen LogP contribution in [0.1, 0.15) is 36.7 Å². The SMILES string of the molecule is CC(C)(C)C(=O)Nc1cccc(NC(=O)c2ccc(COCC(F)(F)F)cc2)c1. The molecule has 29 heavy (non-hydrogen) atoms. The highest BCUT2D eigenvalue weighted by Crippen LogP contribution is 2.21. The Morgan fingerprint density at radius 2 is 1.52 bits per heavy atom. The summed E-state index contributed by atoms with van der Waals surface area (Å²) in [6, 6.07) is 12.8. The quantitative estimate of drug-likeness (QED) is 0.707. The van der Waals surface area contributed by atoms with Crippen LogP contribution in [-0.4, -0.2) is 24.6 Å². The second-order valence-electron chi connectivity index (χ2n) is 7.54. The van der Waals surface area contributed by atoms with Crippen LogP contribution in [0.2, 0.25) is 0 Å². The third kappa shape index (κ3) is 7.57. The molecule has 156 valence electrons. The van der Waals surface area contributed by atoms with Gasteiger partial charge in [0, 0.05) is 22.4 Å². The molecule has 2 rings (SSSR count).